The summed E-state index contributed by atoms with van der Waals surface area (Å²) in [6.07, 6.45) is 3.40. The van der Waals surface area contributed by atoms with Crippen LogP contribution >= 0.6 is 0 Å². The minimum absolute atomic E-state index is 0.152. The Labute approximate surface area is 174 Å². The lowest BCUT2D eigenvalue weighted by Crippen LogP contribution is -2.48. The van der Waals surface area contributed by atoms with Gasteiger partial charge in [-0.2, -0.15) is 0 Å². The molecule has 1 saturated heterocycles. The fourth-order valence-corrected chi connectivity index (χ4v) is 3.85. The van der Waals surface area contributed by atoms with E-state index < -0.39 is 0 Å². The van der Waals surface area contributed by atoms with Gasteiger partial charge in [-0.3, -0.25) is 14.5 Å². The van der Waals surface area contributed by atoms with Crippen molar-refractivity contribution in [2.24, 2.45) is 5.92 Å². The molecule has 1 aromatic heterocycles. The highest BCUT2D eigenvalue weighted by molar-refractivity contribution is 6.35. The maximum absolute atomic E-state index is 13.4. The average molecular weight is 409 g/mol. The Morgan fingerprint density at radius 3 is 2.13 bits per heavy atom. The summed E-state index contributed by atoms with van der Waals surface area (Å²) in [6.45, 7) is 6.68. The van der Waals surface area contributed by atoms with E-state index in [0.717, 1.165) is 0 Å². The largest absolute Gasteiger partial charge is 0.363 e. The number of hydrogen-bond donors (Lipinski definition) is 0. The van der Waals surface area contributed by atoms with Crippen LogP contribution in [0.3, 0.4) is 0 Å². The molecule has 0 bridgehead atoms. The van der Waals surface area contributed by atoms with E-state index in [1.54, 1.807) is 30.6 Å². The number of carbonyl (C=O) groups excluding carboxylic acids is 2. The van der Waals surface area contributed by atoms with Gasteiger partial charge in [-0.25, -0.2) is 14.4 Å². The second kappa shape index (κ2) is 8.22. The van der Waals surface area contributed by atoms with E-state index in [-0.39, 0.29) is 23.5 Å². The van der Waals surface area contributed by atoms with Gasteiger partial charge in [-0.15, -0.1) is 0 Å². The van der Waals surface area contributed by atoms with Crippen LogP contribution in [0.5, 0.6) is 0 Å². The average Bonchev–Trinajstić information content (AvgIpc) is 2.99. The van der Waals surface area contributed by atoms with E-state index in [0.29, 0.717) is 55.5 Å². The molecular formula is C22H24FN5O2. The summed E-state index contributed by atoms with van der Waals surface area (Å²) in [5, 5.41) is 0. The Bertz CT molecular complexity index is 967. The first-order valence-corrected chi connectivity index (χ1v) is 10.1. The normalized spacial score (nSPS) is 17.5. The molecule has 0 saturated carbocycles. The van der Waals surface area contributed by atoms with Gasteiger partial charge in [0.05, 0.1) is 5.57 Å². The summed E-state index contributed by atoms with van der Waals surface area (Å²) < 4.78 is 13.4. The van der Waals surface area contributed by atoms with Crippen molar-refractivity contribution in [3.05, 3.63) is 59.8 Å². The third-order valence-corrected chi connectivity index (χ3v) is 5.26. The number of anilines is 1. The maximum Gasteiger partial charge on any atom is 0.277 e. The summed E-state index contributed by atoms with van der Waals surface area (Å²) in [7, 11) is 0. The van der Waals surface area contributed by atoms with Gasteiger partial charge in [0.25, 0.3) is 11.8 Å². The molecule has 0 atom stereocenters. The topological polar surface area (TPSA) is 69.6 Å². The number of imide groups is 1. The number of amides is 2. The molecule has 0 aliphatic carbocycles. The molecule has 2 amide bonds. The Kier molecular flexibility index (Phi) is 5.48. The Morgan fingerprint density at radius 2 is 1.53 bits per heavy atom. The number of rotatable bonds is 5. The maximum atomic E-state index is 13.4. The first-order valence-electron chi connectivity index (χ1n) is 10.1. The molecule has 2 aliphatic heterocycles. The molecule has 0 spiro atoms. The number of hydrogen-bond acceptors (Lipinski definition) is 6. The van der Waals surface area contributed by atoms with Gasteiger partial charge < -0.3 is 9.80 Å². The van der Waals surface area contributed by atoms with Gasteiger partial charge in [0.1, 0.15) is 11.5 Å². The van der Waals surface area contributed by atoms with E-state index in [9.17, 15) is 14.0 Å². The zero-order chi connectivity index (χ0) is 21.3. The third-order valence-electron chi connectivity index (χ3n) is 5.26. The predicted molar refractivity (Wildman–Crippen MR) is 111 cm³/mol. The summed E-state index contributed by atoms with van der Waals surface area (Å²) in [6, 6.07) is 7.51. The first-order chi connectivity index (χ1) is 14.5. The second-order valence-corrected chi connectivity index (χ2v) is 7.87. The predicted octanol–water partition coefficient (Wildman–Crippen LogP) is 2.17. The van der Waals surface area contributed by atoms with Gasteiger partial charge >= 0.3 is 0 Å². The highest BCUT2D eigenvalue weighted by atomic mass is 19.1. The fraction of sp³-hybridized carbons (Fsp3) is 0.364. The van der Waals surface area contributed by atoms with Crippen LogP contribution in [-0.4, -0.2) is 64.3 Å². The van der Waals surface area contributed by atoms with Gasteiger partial charge in [0.2, 0.25) is 5.95 Å². The van der Waals surface area contributed by atoms with Crippen LogP contribution in [0.2, 0.25) is 0 Å². The molecule has 7 nitrogen and oxygen atoms in total. The molecule has 4 rings (SSSR count). The summed E-state index contributed by atoms with van der Waals surface area (Å²) in [5.74, 6) is -0.173. The van der Waals surface area contributed by atoms with Gasteiger partial charge in [0.15, 0.2) is 0 Å². The van der Waals surface area contributed by atoms with Crippen LogP contribution in [-0.2, 0) is 9.59 Å². The molecule has 30 heavy (non-hydrogen) atoms. The Balaban J connectivity index is 1.64. The monoisotopic (exact) mass is 409 g/mol. The second-order valence-electron chi connectivity index (χ2n) is 7.87. The lowest BCUT2D eigenvalue weighted by molar-refractivity contribution is -0.138. The SMILES string of the molecule is CC(C)CN1C(=O)C(c2ccc(F)cc2)=C(N2CCN(c3ncccn3)CC2)C1=O. The lowest BCUT2D eigenvalue weighted by atomic mass is 10.0. The minimum Gasteiger partial charge on any atom is -0.363 e. The number of benzene rings is 1. The molecule has 1 fully saturated rings. The molecule has 2 aliphatic rings. The van der Waals surface area contributed by atoms with E-state index in [4.69, 9.17) is 0 Å². The lowest BCUT2D eigenvalue weighted by Gasteiger charge is -2.36. The van der Waals surface area contributed by atoms with Crippen LogP contribution in [0.1, 0.15) is 19.4 Å². The molecule has 0 N–H and O–H groups in total. The van der Waals surface area contributed by atoms with E-state index in [2.05, 4.69) is 14.9 Å². The van der Waals surface area contributed by atoms with Crippen LogP contribution in [0.4, 0.5) is 10.3 Å². The number of carbonyl (C=O) groups is 2. The van der Waals surface area contributed by atoms with Crippen molar-refractivity contribution < 1.29 is 14.0 Å². The third kappa shape index (κ3) is 3.77. The highest BCUT2D eigenvalue weighted by Gasteiger charge is 2.42. The quantitative estimate of drug-likeness (QED) is 0.705. The van der Waals surface area contributed by atoms with Gasteiger partial charge in [0, 0.05) is 45.1 Å². The van der Waals surface area contributed by atoms with E-state index in [1.165, 1.54) is 17.0 Å². The van der Waals surface area contributed by atoms with Crippen LogP contribution < -0.4 is 4.90 Å². The highest BCUT2D eigenvalue weighted by Crippen LogP contribution is 2.33. The minimum atomic E-state index is -0.381. The van der Waals surface area contributed by atoms with Gasteiger partial charge in [-0.05, 0) is 29.7 Å². The van der Waals surface area contributed by atoms with Crippen LogP contribution in [0, 0.1) is 11.7 Å². The zero-order valence-corrected chi connectivity index (χ0v) is 17.1. The van der Waals surface area contributed by atoms with E-state index >= 15 is 0 Å². The van der Waals surface area contributed by atoms with Crippen LogP contribution in [0.25, 0.3) is 5.57 Å². The molecule has 1 aromatic carbocycles. The Morgan fingerprint density at radius 1 is 0.933 bits per heavy atom. The molecule has 3 heterocycles. The van der Waals surface area contributed by atoms with Crippen molar-refractivity contribution in [2.75, 3.05) is 37.6 Å². The number of aromatic nitrogens is 2. The van der Waals surface area contributed by atoms with Crippen molar-refractivity contribution in [1.82, 2.24) is 19.8 Å². The first kappa shape index (κ1) is 20.0. The molecule has 8 heteroatoms. The Hall–Kier alpha value is -3.29. The van der Waals surface area contributed by atoms with Crippen molar-refractivity contribution >= 4 is 23.3 Å². The summed E-state index contributed by atoms with van der Waals surface area (Å²) >= 11 is 0. The fourth-order valence-electron chi connectivity index (χ4n) is 3.85. The molecule has 2 aromatic rings. The van der Waals surface area contributed by atoms with Crippen LogP contribution in [0.15, 0.2) is 48.4 Å². The van der Waals surface area contributed by atoms with Crippen molar-refractivity contribution in [3.8, 4) is 0 Å². The van der Waals surface area contributed by atoms with Gasteiger partial charge in [-0.1, -0.05) is 26.0 Å². The molecule has 0 radical (unpaired) electrons. The number of halogens is 1. The standard InChI is InChI=1S/C22H24FN5O2/c1-15(2)14-28-20(29)18(16-4-6-17(23)7-5-16)19(21(28)30)26-10-12-27(13-11-26)22-24-8-3-9-25-22/h3-9,15H,10-14H2,1-2H3. The summed E-state index contributed by atoms with van der Waals surface area (Å²) in [5.41, 5.74) is 1.32. The molecular weight excluding hydrogens is 385 g/mol. The van der Waals surface area contributed by atoms with Crippen molar-refractivity contribution in [3.63, 3.8) is 0 Å². The van der Waals surface area contributed by atoms with Crippen molar-refractivity contribution in [2.45, 2.75) is 13.8 Å². The zero-order valence-electron chi connectivity index (χ0n) is 17.1. The number of nitrogens with zero attached hydrogens (tertiary/aromatic N) is 5. The number of piperazine rings is 1. The van der Waals surface area contributed by atoms with E-state index in [1.807, 2.05) is 18.7 Å². The summed E-state index contributed by atoms with van der Waals surface area (Å²) in [4.78, 5) is 40.3. The molecule has 156 valence electrons. The van der Waals surface area contributed by atoms with Crippen molar-refractivity contribution in [1.29, 1.82) is 0 Å². The molecule has 0 unspecified atom stereocenters. The smallest absolute Gasteiger partial charge is 0.277 e.